The van der Waals surface area contributed by atoms with Crippen molar-refractivity contribution < 1.29 is 19.4 Å². The number of carbonyl (C=O) groups is 2. The molecule has 1 aliphatic rings. The van der Waals surface area contributed by atoms with Gasteiger partial charge in [0.1, 0.15) is 12.4 Å². The molecule has 5 nitrogen and oxygen atoms in total. The highest BCUT2D eigenvalue weighted by Gasteiger charge is 2.33. The fraction of sp³-hybridized carbons (Fsp3) is 0.250. The van der Waals surface area contributed by atoms with Crippen LogP contribution in [0.1, 0.15) is 17.5 Å². The summed E-state index contributed by atoms with van der Waals surface area (Å²) in [6.45, 7) is 1.35. The number of carbonyl (C=O) groups excluding carboxylic acids is 1. The van der Waals surface area contributed by atoms with Gasteiger partial charge in [0.15, 0.2) is 0 Å². The predicted octanol–water partition coefficient (Wildman–Crippen LogP) is 3.89. The van der Waals surface area contributed by atoms with Gasteiger partial charge in [-0.25, -0.2) is 0 Å². The molecule has 1 fully saturated rings. The van der Waals surface area contributed by atoms with Crippen LogP contribution in [-0.4, -0.2) is 35.0 Å². The third kappa shape index (κ3) is 4.40. The number of nitrogens with zero attached hydrogens (tertiary/aromatic N) is 1. The number of hydrogen-bond acceptors (Lipinski definition) is 3. The number of carboxylic acid groups (broad SMARTS) is 1. The van der Waals surface area contributed by atoms with Crippen molar-refractivity contribution in [1.29, 1.82) is 0 Å². The Morgan fingerprint density at radius 2 is 1.79 bits per heavy atom. The Kier molecular flexibility index (Phi) is 5.47. The number of rotatable bonds is 7. The lowest BCUT2D eigenvalue weighted by Gasteiger charge is -2.16. The Morgan fingerprint density at radius 1 is 1.03 bits per heavy atom. The SMILES string of the molecule is O=C(O)C1CC(=O)N(CCc2ccc(OCc3cccc4ccccc34)cc2)C1. The highest BCUT2D eigenvalue weighted by molar-refractivity contribution is 5.86. The van der Waals surface area contributed by atoms with Gasteiger partial charge in [0.25, 0.3) is 0 Å². The molecular formula is C24H23NO4. The predicted molar refractivity (Wildman–Crippen MR) is 111 cm³/mol. The Morgan fingerprint density at radius 3 is 2.55 bits per heavy atom. The number of amides is 1. The average Bonchev–Trinajstić information content (AvgIpc) is 3.12. The van der Waals surface area contributed by atoms with Crippen LogP contribution < -0.4 is 4.74 Å². The third-order valence-electron chi connectivity index (χ3n) is 5.43. The molecule has 0 radical (unpaired) electrons. The summed E-state index contributed by atoms with van der Waals surface area (Å²) in [6.07, 6.45) is 0.804. The molecule has 1 atom stereocenters. The van der Waals surface area contributed by atoms with Crippen LogP contribution in [0.5, 0.6) is 5.75 Å². The molecule has 3 aromatic carbocycles. The van der Waals surface area contributed by atoms with Gasteiger partial charge >= 0.3 is 5.97 Å². The largest absolute Gasteiger partial charge is 0.489 e. The molecule has 1 aliphatic heterocycles. The minimum absolute atomic E-state index is 0.0764. The quantitative estimate of drug-likeness (QED) is 0.666. The van der Waals surface area contributed by atoms with E-state index in [1.807, 2.05) is 42.5 Å². The van der Waals surface area contributed by atoms with Crippen molar-refractivity contribution in [2.45, 2.75) is 19.4 Å². The number of likely N-dealkylation sites (tertiary alicyclic amines) is 1. The molecule has 148 valence electrons. The number of hydrogen-bond donors (Lipinski definition) is 1. The molecule has 5 heteroatoms. The van der Waals surface area contributed by atoms with Crippen molar-refractivity contribution >= 4 is 22.6 Å². The number of aliphatic carboxylic acids is 1. The van der Waals surface area contributed by atoms with E-state index in [9.17, 15) is 9.59 Å². The van der Waals surface area contributed by atoms with Crippen molar-refractivity contribution in [1.82, 2.24) is 4.90 Å². The lowest BCUT2D eigenvalue weighted by Crippen LogP contribution is -2.28. The molecule has 0 aromatic heterocycles. The monoisotopic (exact) mass is 389 g/mol. The van der Waals surface area contributed by atoms with E-state index in [2.05, 4.69) is 24.3 Å². The normalized spacial score (nSPS) is 16.3. The van der Waals surface area contributed by atoms with Crippen LogP contribution in [0.25, 0.3) is 10.8 Å². The average molecular weight is 389 g/mol. The fourth-order valence-corrected chi connectivity index (χ4v) is 3.75. The third-order valence-corrected chi connectivity index (χ3v) is 5.43. The van der Waals surface area contributed by atoms with Gasteiger partial charge < -0.3 is 14.7 Å². The van der Waals surface area contributed by atoms with Crippen molar-refractivity contribution in [3.63, 3.8) is 0 Å². The first-order chi connectivity index (χ1) is 14.1. The maximum absolute atomic E-state index is 11.9. The molecule has 0 spiro atoms. The molecule has 0 aliphatic carbocycles. The minimum Gasteiger partial charge on any atom is -0.489 e. The summed E-state index contributed by atoms with van der Waals surface area (Å²) in [5.41, 5.74) is 2.24. The van der Waals surface area contributed by atoms with E-state index in [4.69, 9.17) is 9.84 Å². The maximum Gasteiger partial charge on any atom is 0.308 e. The topological polar surface area (TPSA) is 66.8 Å². The van der Waals surface area contributed by atoms with Gasteiger partial charge in [0, 0.05) is 19.5 Å². The molecule has 0 saturated carbocycles. The van der Waals surface area contributed by atoms with Crippen LogP contribution in [0.3, 0.4) is 0 Å². The van der Waals surface area contributed by atoms with Gasteiger partial charge in [0.2, 0.25) is 5.91 Å². The van der Waals surface area contributed by atoms with Gasteiger partial charge in [0.05, 0.1) is 5.92 Å². The summed E-state index contributed by atoms with van der Waals surface area (Å²) in [5.74, 6) is -0.752. The first-order valence-electron chi connectivity index (χ1n) is 9.79. The molecule has 1 heterocycles. The standard InChI is InChI=1S/C24H23NO4/c26-23-14-20(24(27)28)15-25(23)13-12-17-8-10-21(11-9-17)29-16-19-6-3-5-18-4-1-2-7-22(18)19/h1-11,20H,12-16H2,(H,27,28). The molecule has 0 bridgehead atoms. The van der Waals surface area contributed by atoms with Gasteiger partial charge in [-0.1, -0.05) is 54.6 Å². The molecule has 29 heavy (non-hydrogen) atoms. The van der Waals surface area contributed by atoms with Crippen molar-refractivity contribution in [2.24, 2.45) is 5.92 Å². The van der Waals surface area contributed by atoms with Crippen molar-refractivity contribution in [3.05, 3.63) is 77.9 Å². The summed E-state index contributed by atoms with van der Waals surface area (Å²) in [5, 5.41) is 11.5. The number of carboxylic acids is 1. The summed E-state index contributed by atoms with van der Waals surface area (Å²) in [4.78, 5) is 24.6. The number of benzene rings is 3. The van der Waals surface area contributed by atoms with Crippen LogP contribution in [0.4, 0.5) is 0 Å². The van der Waals surface area contributed by atoms with E-state index in [0.717, 1.165) is 16.9 Å². The Bertz CT molecular complexity index is 1020. The van der Waals surface area contributed by atoms with Crippen LogP contribution in [0.15, 0.2) is 66.7 Å². The Hall–Kier alpha value is -3.34. The van der Waals surface area contributed by atoms with Crippen LogP contribution in [-0.2, 0) is 22.6 Å². The summed E-state index contributed by atoms with van der Waals surface area (Å²) in [6, 6.07) is 22.3. The zero-order valence-corrected chi connectivity index (χ0v) is 16.1. The molecule has 1 saturated heterocycles. The molecule has 1 unspecified atom stereocenters. The van der Waals surface area contributed by atoms with E-state index < -0.39 is 11.9 Å². The first-order valence-corrected chi connectivity index (χ1v) is 9.79. The van der Waals surface area contributed by atoms with E-state index >= 15 is 0 Å². The van der Waals surface area contributed by atoms with Crippen LogP contribution in [0, 0.1) is 5.92 Å². The fourth-order valence-electron chi connectivity index (χ4n) is 3.75. The van der Waals surface area contributed by atoms with E-state index in [1.54, 1.807) is 4.90 Å². The van der Waals surface area contributed by atoms with Crippen molar-refractivity contribution in [2.75, 3.05) is 13.1 Å². The van der Waals surface area contributed by atoms with Crippen molar-refractivity contribution in [3.8, 4) is 5.75 Å². The highest BCUT2D eigenvalue weighted by Crippen LogP contribution is 2.22. The van der Waals surface area contributed by atoms with Crippen LogP contribution in [0.2, 0.25) is 0 Å². The first kappa shape index (κ1) is 19.0. The highest BCUT2D eigenvalue weighted by atomic mass is 16.5. The zero-order valence-electron chi connectivity index (χ0n) is 16.1. The smallest absolute Gasteiger partial charge is 0.308 e. The summed E-state index contributed by atoms with van der Waals surface area (Å²) < 4.78 is 5.96. The molecule has 4 rings (SSSR count). The van der Waals surface area contributed by atoms with Gasteiger partial charge in [-0.05, 0) is 40.5 Å². The maximum atomic E-state index is 11.9. The van der Waals surface area contributed by atoms with E-state index in [-0.39, 0.29) is 12.3 Å². The number of ether oxygens (including phenoxy) is 1. The summed E-state index contributed by atoms with van der Waals surface area (Å²) in [7, 11) is 0. The molecule has 1 N–H and O–H groups in total. The zero-order chi connectivity index (χ0) is 20.2. The second-order valence-electron chi connectivity index (χ2n) is 7.40. The van der Waals surface area contributed by atoms with E-state index in [1.165, 1.54) is 10.8 Å². The molecule has 3 aromatic rings. The molecule has 1 amide bonds. The van der Waals surface area contributed by atoms with Gasteiger partial charge in [-0.15, -0.1) is 0 Å². The molecular weight excluding hydrogens is 366 g/mol. The lowest BCUT2D eigenvalue weighted by atomic mass is 10.1. The second kappa shape index (κ2) is 8.35. The van der Waals surface area contributed by atoms with Gasteiger partial charge in [-0.3, -0.25) is 9.59 Å². The van der Waals surface area contributed by atoms with E-state index in [0.29, 0.717) is 26.1 Å². The van der Waals surface area contributed by atoms with Gasteiger partial charge in [-0.2, -0.15) is 0 Å². The minimum atomic E-state index is -0.895. The number of fused-ring (bicyclic) bond motifs is 1. The lowest BCUT2D eigenvalue weighted by molar-refractivity contribution is -0.141. The Labute approximate surface area is 169 Å². The second-order valence-corrected chi connectivity index (χ2v) is 7.40. The Balaban J connectivity index is 1.32. The van der Waals surface area contributed by atoms with Crippen LogP contribution >= 0.6 is 0 Å². The summed E-state index contributed by atoms with van der Waals surface area (Å²) >= 11 is 0.